The molecule has 1 aliphatic carbocycles. The Hall–Kier alpha value is -3.09. The van der Waals surface area contributed by atoms with Crippen molar-refractivity contribution in [3.8, 4) is 0 Å². The van der Waals surface area contributed by atoms with Gasteiger partial charge in [0.2, 0.25) is 0 Å². The zero-order chi connectivity index (χ0) is 25.0. The molecule has 0 saturated carbocycles. The lowest BCUT2D eigenvalue weighted by Crippen LogP contribution is -2.42. The number of hydrogen-bond donors (Lipinski definition) is 0. The van der Waals surface area contributed by atoms with Gasteiger partial charge in [-0.15, -0.1) is 0 Å². The second-order valence-electron chi connectivity index (χ2n) is 10.2. The summed E-state index contributed by atoms with van der Waals surface area (Å²) in [6.45, 7) is 2.90. The van der Waals surface area contributed by atoms with E-state index in [0.29, 0.717) is 32.8 Å². The maximum absolute atomic E-state index is 12.3. The molecule has 3 aromatic rings. The molecule has 0 spiro atoms. The minimum atomic E-state index is -0.165. The molecule has 3 aliphatic rings. The fraction of sp³-hybridized carbons (Fsp3) is 0.344. The van der Waals surface area contributed by atoms with Crippen molar-refractivity contribution in [1.29, 1.82) is 0 Å². The second kappa shape index (κ2) is 11.1. The Morgan fingerprint density at radius 2 is 1.24 bits per heavy atom. The van der Waals surface area contributed by atoms with Crippen molar-refractivity contribution in [2.75, 3.05) is 13.2 Å². The average Bonchev–Trinajstić information content (AvgIpc) is 3.55. The molecular weight excluding hydrogens is 462 g/mol. The second-order valence-corrected chi connectivity index (χ2v) is 10.2. The molecule has 0 N–H and O–H groups in total. The van der Waals surface area contributed by atoms with Crippen molar-refractivity contribution in [2.24, 2.45) is 5.92 Å². The molecule has 0 bridgehead atoms. The summed E-state index contributed by atoms with van der Waals surface area (Å²) in [6.07, 6.45) is 2.10. The largest absolute Gasteiger partial charge is 0.375 e. The lowest BCUT2D eigenvalue weighted by atomic mass is 9.92. The van der Waals surface area contributed by atoms with Crippen LogP contribution in [0, 0.1) is 5.92 Å². The van der Waals surface area contributed by atoms with Gasteiger partial charge in [0.05, 0.1) is 32.5 Å². The van der Waals surface area contributed by atoms with Gasteiger partial charge in [-0.1, -0.05) is 91.0 Å². The maximum Gasteiger partial charge on any atom is 0.156 e. The van der Waals surface area contributed by atoms with E-state index in [2.05, 4.69) is 41.3 Å². The van der Waals surface area contributed by atoms with Gasteiger partial charge >= 0.3 is 0 Å². The number of hydrogen-bond acceptors (Lipinski definition) is 5. The van der Waals surface area contributed by atoms with E-state index in [-0.39, 0.29) is 36.0 Å². The predicted molar refractivity (Wildman–Crippen MR) is 142 cm³/mol. The van der Waals surface area contributed by atoms with Gasteiger partial charge in [-0.3, -0.25) is 9.69 Å². The van der Waals surface area contributed by atoms with Crippen LogP contribution in [0.2, 0.25) is 0 Å². The lowest BCUT2D eigenvalue weighted by molar-refractivity contribution is -0.115. The summed E-state index contributed by atoms with van der Waals surface area (Å²) in [5, 5.41) is 0. The standard InChI is InChI=1S/C32H33NO4/c34-27-16-26-18-33-29(22-35-19-23-10-4-1-5-11-23)31(36-20-24-12-6-2-7-13-24)32(30(33)28(26)17-27)37-21-25-14-8-3-9-15-25/h1-16,28-32H,17-22H2/t28-,29+,30-,31-,32-/m1/s1. The van der Waals surface area contributed by atoms with Gasteiger partial charge in [0, 0.05) is 24.9 Å². The van der Waals surface area contributed by atoms with Crippen LogP contribution in [-0.4, -0.2) is 48.1 Å². The van der Waals surface area contributed by atoms with Crippen LogP contribution in [0.25, 0.3) is 0 Å². The molecule has 0 amide bonds. The van der Waals surface area contributed by atoms with Crippen molar-refractivity contribution in [1.82, 2.24) is 4.90 Å². The van der Waals surface area contributed by atoms with Gasteiger partial charge < -0.3 is 14.2 Å². The summed E-state index contributed by atoms with van der Waals surface area (Å²) in [6, 6.07) is 31.0. The molecule has 5 heteroatoms. The minimum absolute atomic E-state index is 0.0415. The van der Waals surface area contributed by atoms with E-state index in [9.17, 15) is 4.79 Å². The van der Waals surface area contributed by atoms with Crippen LogP contribution in [0.15, 0.2) is 103 Å². The normalized spacial score (nSPS) is 26.8. The molecule has 2 heterocycles. The highest BCUT2D eigenvalue weighted by molar-refractivity contribution is 5.94. The zero-order valence-corrected chi connectivity index (χ0v) is 20.9. The number of carbonyl (C=O) groups excluding carboxylic acids is 1. The van der Waals surface area contributed by atoms with Crippen molar-refractivity contribution in [3.63, 3.8) is 0 Å². The Morgan fingerprint density at radius 1 is 0.703 bits per heavy atom. The molecule has 5 nitrogen and oxygen atoms in total. The molecule has 6 rings (SSSR count). The lowest BCUT2D eigenvalue weighted by Gasteiger charge is -2.28. The first-order valence-electron chi connectivity index (χ1n) is 13.2. The van der Waals surface area contributed by atoms with Gasteiger partial charge in [-0.2, -0.15) is 0 Å². The summed E-state index contributed by atoms with van der Waals surface area (Å²) < 4.78 is 19.6. The van der Waals surface area contributed by atoms with E-state index < -0.39 is 0 Å². The molecule has 0 radical (unpaired) electrons. The van der Waals surface area contributed by atoms with Crippen LogP contribution in [0.3, 0.4) is 0 Å². The summed E-state index contributed by atoms with van der Waals surface area (Å²) in [7, 11) is 0. The van der Waals surface area contributed by atoms with Crippen LogP contribution in [0.4, 0.5) is 0 Å². The third-order valence-corrected chi connectivity index (χ3v) is 7.84. The summed E-state index contributed by atoms with van der Waals surface area (Å²) in [5.74, 6) is 0.419. The smallest absolute Gasteiger partial charge is 0.156 e. The van der Waals surface area contributed by atoms with Gasteiger partial charge in [0.25, 0.3) is 0 Å². The van der Waals surface area contributed by atoms with E-state index in [1.54, 1.807) is 0 Å². The quantitative estimate of drug-likeness (QED) is 0.398. The fourth-order valence-corrected chi connectivity index (χ4v) is 6.12. The van der Waals surface area contributed by atoms with Gasteiger partial charge in [-0.25, -0.2) is 0 Å². The number of ketones is 1. The monoisotopic (exact) mass is 495 g/mol. The van der Waals surface area contributed by atoms with Gasteiger partial charge in [0.1, 0.15) is 12.2 Å². The number of nitrogens with zero attached hydrogens (tertiary/aromatic N) is 1. The highest BCUT2D eigenvalue weighted by atomic mass is 16.5. The molecule has 190 valence electrons. The number of carbonyl (C=O) groups is 1. The Bertz CT molecular complexity index is 1210. The SMILES string of the molecule is O=C1C=C2CN3[C@@H]([C@@H](OCc4ccccc4)[C@H](OCc4ccccc4)[C@@H]3COCc3ccccc3)[C@@H]2C1. The van der Waals surface area contributed by atoms with Crippen LogP contribution in [0.1, 0.15) is 23.1 Å². The molecule has 0 aromatic heterocycles. The average molecular weight is 496 g/mol. The zero-order valence-electron chi connectivity index (χ0n) is 20.9. The van der Waals surface area contributed by atoms with Gasteiger partial charge in [0.15, 0.2) is 5.78 Å². The van der Waals surface area contributed by atoms with Crippen LogP contribution in [0.5, 0.6) is 0 Å². The van der Waals surface area contributed by atoms with Crippen LogP contribution in [-0.2, 0) is 38.8 Å². The van der Waals surface area contributed by atoms with E-state index >= 15 is 0 Å². The molecule has 2 aliphatic heterocycles. The third-order valence-electron chi connectivity index (χ3n) is 7.84. The van der Waals surface area contributed by atoms with Crippen molar-refractivity contribution in [2.45, 2.75) is 50.5 Å². The Balaban J connectivity index is 1.25. The van der Waals surface area contributed by atoms with Crippen molar-refractivity contribution < 1.29 is 19.0 Å². The first-order valence-corrected chi connectivity index (χ1v) is 13.2. The van der Waals surface area contributed by atoms with E-state index in [4.69, 9.17) is 14.2 Å². The molecule has 5 atom stereocenters. The Labute approximate surface area is 218 Å². The Morgan fingerprint density at radius 3 is 1.84 bits per heavy atom. The predicted octanol–water partition coefficient (Wildman–Crippen LogP) is 4.96. The van der Waals surface area contributed by atoms with Crippen molar-refractivity contribution in [3.05, 3.63) is 119 Å². The Kier molecular flexibility index (Phi) is 7.29. The highest BCUT2D eigenvalue weighted by Gasteiger charge is 2.58. The summed E-state index contributed by atoms with van der Waals surface area (Å²) in [5.41, 5.74) is 4.66. The first-order chi connectivity index (χ1) is 18.3. The molecule has 2 saturated heterocycles. The van der Waals surface area contributed by atoms with E-state index in [1.165, 1.54) is 5.57 Å². The van der Waals surface area contributed by atoms with Crippen LogP contribution < -0.4 is 0 Å². The molecule has 3 aromatic carbocycles. The van der Waals surface area contributed by atoms with Crippen LogP contribution >= 0.6 is 0 Å². The number of ether oxygens (including phenoxy) is 3. The summed E-state index contributed by atoms with van der Waals surface area (Å²) in [4.78, 5) is 14.8. The van der Waals surface area contributed by atoms with E-state index in [1.807, 2.05) is 60.7 Å². The van der Waals surface area contributed by atoms with Crippen molar-refractivity contribution >= 4 is 5.78 Å². The highest BCUT2D eigenvalue weighted by Crippen LogP contribution is 2.46. The third kappa shape index (κ3) is 5.32. The summed E-state index contributed by atoms with van der Waals surface area (Å²) >= 11 is 0. The number of allylic oxidation sites excluding steroid dienone is 1. The first kappa shape index (κ1) is 24.3. The number of fused-ring (bicyclic) bond motifs is 3. The number of rotatable bonds is 10. The minimum Gasteiger partial charge on any atom is -0.375 e. The maximum atomic E-state index is 12.3. The molecule has 2 fully saturated rings. The molecule has 37 heavy (non-hydrogen) atoms. The fourth-order valence-electron chi connectivity index (χ4n) is 6.12. The van der Waals surface area contributed by atoms with Gasteiger partial charge in [-0.05, 0) is 28.3 Å². The molecular formula is C32H33NO4. The topological polar surface area (TPSA) is 48.0 Å². The molecule has 0 unspecified atom stereocenters. The van der Waals surface area contributed by atoms with E-state index in [0.717, 1.165) is 23.2 Å². The number of benzene rings is 3.